The zero-order valence-corrected chi connectivity index (χ0v) is 13.5. The van der Waals surface area contributed by atoms with Crippen LogP contribution >= 0.6 is 0 Å². The molecule has 0 bridgehead atoms. The predicted molar refractivity (Wildman–Crippen MR) is 64.7 cm³/mol. The number of alkyl halides is 6. The monoisotopic (exact) mass is 428 g/mol. The van der Waals surface area contributed by atoms with Gasteiger partial charge in [0.1, 0.15) is 18.5 Å². The summed E-state index contributed by atoms with van der Waals surface area (Å²) in [6.07, 6.45) is -14.0. The summed E-state index contributed by atoms with van der Waals surface area (Å²) in [5.74, 6) is -1.74. The first-order valence-electron chi connectivity index (χ1n) is 5.58. The third kappa shape index (κ3) is 10.4. The topological polar surface area (TPSA) is 136 Å². The van der Waals surface area contributed by atoms with E-state index < -0.39 is 63.8 Å². The third-order valence-electron chi connectivity index (χ3n) is 2.07. The van der Waals surface area contributed by atoms with Gasteiger partial charge in [0, 0.05) is 0 Å². The van der Waals surface area contributed by atoms with Crippen molar-refractivity contribution in [2.75, 3.05) is 13.2 Å². The summed E-state index contributed by atoms with van der Waals surface area (Å²) in [7, 11) is -10.5. The third-order valence-corrected chi connectivity index (χ3v) is 3.01. The molecule has 0 spiro atoms. The Morgan fingerprint density at radius 1 is 0.920 bits per heavy atom. The molecule has 25 heavy (non-hydrogen) atoms. The molecule has 0 aliphatic heterocycles. The van der Waals surface area contributed by atoms with Crippen LogP contribution in [0, 0.1) is 0 Å². The molecule has 0 heterocycles. The van der Waals surface area contributed by atoms with Crippen molar-refractivity contribution >= 4 is 20.8 Å². The van der Waals surface area contributed by atoms with E-state index >= 15 is 0 Å². The molecule has 0 saturated carbocycles. The van der Waals surface area contributed by atoms with Gasteiger partial charge >= 0.3 is 33.2 Å². The minimum atomic E-state index is -5.87. The molecule has 0 saturated heterocycles. The second kappa shape index (κ2) is 8.04. The summed E-state index contributed by atoms with van der Waals surface area (Å²) >= 11 is 0. The van der Waals surface area contributed by atoms with E-state index in [2.05, 4.69) is 13.1 Å². The summed E-state index contributed by atoms with van der Waals surface area (Å²) in [5.41, 5.74) is -3.04. The highest BCUT2D eigenvalue weighted by Crippen LogP contribution is 2.40. The lowest BCUT2D eigenvalue weighted by Gasteiger charge is -2.20. The van der Waals surface area contributed by atoms with Gasteiger partial charge in [-0.2, -0.15) is 43.2 Å². The van der Waals surface area contributed by atoms with Gasteiger partial charge in [-0.25, -0.2) is 8.37 Å². The van der Waals surface area contributed by atoms with Crippen molar-refractivity contribution in [3.05, 3.63) is 11.3 Å². The molecular weight excluding hydrogens is 418 g/mol. The van der Waals surface area contributed by atoms with Gasteiger partial charge in [0.15, 0.2) is 5.57 Å². The van der Waals surface area contributed by atoms with E-state index in [1.807, 2.05) is 0 Å². The van der Waals surface area contributed by atoms with E-state index in [4.69, 9.17) is 9.11 Å². The molecule has 9 nitrogen and oxygen atoms in total. The normalized spacial score (nSPS) is 14.9. The number of halogens is 6. The molecule has 0 aromatic carbocycles. The second-order valence-corrected chi connectivity index (χ2v) is 6.23. The van der Waals surface area contributed by atoms with Crippen molar-refractivity contribution in [1.29, 1.82) is 0 Å². The number of hydrogen-bond donors (Lipinski definition) is 2. The van der Waals surface area contributed by atoms with Crippen LogP contribution in [0.5, 0.6) is 0 Å². The van der Waals surface area contributed by atoms with Gasteiger partial charge in [-0.05, 0) is 6.92 Å². The molecule has 150 valence electrons. The van der Waals surface area contributed by atoms with Crippen molar-refractivity contribution in [2.45, 2.75) is 25.4 Å². The van der Waals surface area contributed by atoms with Crippen LogP contribution < -0.4 is 0 Å². The molecule has 0 aromatic rings. The average molecular weight is 428 g/mol. The summed E-state index contributed by atoms with van der Waals surface area (Å²) < 4.78 is 144. The maximum atomic E-state index is 12.4. The maximum Gasteiger partial charge on any atom is 0.424 e. The minimum absolute atomic E-state index is 0.254. The van der Waals surface area contributed by atoms with Gasteiger partial charge in [-0.15, -0.1) is 0 Å². The molecule has 0 aromatic heterocycles. The Morgan fingerprint density at radius 3 is 1.68 bits per heavy atom. The van der Waals surface area contributed by atoms with Crippen molar-refractivity contribution < 1.29 is 65.4 Å². The molecule has 1 unspecified atom stereocenters. The summed E-state index contributed by atoms with van der Waals surface area (Å²) in [6.45, 7) is -2.58. The minimum Gasteiger partial charge on any atom is -0.495 e. The zero-order valence-electron chi connectivity index (χ0n) is 11.8. The number of ether oxygens (including phenoxy) is 1. The van der Waals surface area contributed by atoms with E-state index in [0.29, 0.717) is 0 Å². The van der Waals surface area contributed by atoms with E-state index in [-0.39, 0.29) is 6.92 Å². The van der Waals surface area contributed by atoms with Crippen LogP contribution in [0.1, 0.15) is 6.92 Å². The van der Waals surface area contributed by atoms with Crippen LogP contribution in [0.4, 0.5) is 26.3 Å². The first kappa shape index (κ1) is 23.9. The first-order valence-corrected chi connectivity index (χ1v) is 8.31. The molecule has 0 radical (unpaired) electrons. The predicted octanol–water partition coefficient (Wildman–Crippen LogP) is 1.41. The van der Waals surface area contributed by atoms with Crippen LogP contribution in [0.3, 0.4) is 0 Å². The van der Waals surface area contributed by atoms with Gasteiger partial charge in [-0.1, -0.05) is 0 Å². The maximum absolute atomic E-state index is 12.4. The van der Waals surface area contributed by atoms with E-state index in [0.717, 1.165) is 0 Å². The molecule has 0 aliphatic carbocycles. The highest BCUT2D eigenvalue weighted by atomic mass is 32.3. The Kier molecular flexibility index (Phi) is 7.67. The average Bonchev–Trinajstić information content (AvgIpc) is 2.26. The molecule has 0 amide bonds. The van der Waals surface area contributed by atoms with Crippen LogP contribution in [-0.2, 0) is 33.9 Å². The van der Waals surface area contributed by atoms with Gasteiger partial charge in [-0.3, -0.25) is 9.11 Å². The van der Waals surface area contributed by atoms with Gasteiger partial charge in [0.25, 0.3) is 0 Å². The van der Waals surface area contributed by atoms with Gasteiger partial charge in [0.05, 0.1) is 6.61 Å². The smallest absolute Gasteiger partial charge is 0.424 e. The SMILES string of the molecule is CC(OCC(COS(=O)(=O)O)OS(=O)(=O)O)=C(C(F)(F)F)C(F)(F)F. The van der Waals surface area contributed by atoms with E-state index in [1.165, 1.54) is 0 Å². The van der Waals surface area contributed by atoms with Gasteiger partial charge < -0.3 is 4.74 Å². The van der Waals surface area contributed by atoms with Crippen LogP contribution in [-0.4, -0.2) is 57.6 Å². The Labute approximate surface area is 137 Å². The van der Waals surface area contributed by atoms with Crippen LogP contribution in [0.2, 0.25) is 0 Å². The molecule has 1 atom stereocenters. The molecule has 2 N–H and O–H groups in total. The standard InChI is InChI=1S/C8H10F6O9S2/c1-4(6(7(9,10)11)8(12,13)14)21-2-5(23-25(18,19)20)3-22-24(15,16)17/h5H,2-3H2,1H3,(H,15,16,17)(H,18,19,20). The second-order valence-electron chi connectivity index (χ2n) is 4.10. The molecule has 0 aliphatic rings. The molecule has 0 rings (SSSR count). The summed E-state index contributed by atoms with van der Waals surface area (Å²) in [4.78, 5) is 0. The highest BCUT2D eigenvalue weighted by molar-refractivity contribution is 7.81. The number of rotatable bonds is 8. The lowest BCUT2D eigenvalue weighted by atomic mass is 10.2. The highest BCUT2D eigenvalue weighted by Gasteiger charge is 2.53. The molecule has 17 heteroatoms. The molecular formula is C8H10F6O9S2. The summed E-state index contributed by atoms with van der Waals surface area (Å²) in [5, 5.41) is 0. The lowest BCUT2D eigenvalue weighted by molar-refractivity contribution is -0.176. The number of allylic oxidation sites excluding steroid dienone is 2. The number of hydrogen-bond acceptors (Lipinski definition) is 7. The summed E-state index contributed by atoms with van der Waals surface area (Å²) in [6, 6.07) is 0. The van der Waals surface area contributed by atoms with Crippen molar-refractivity contribution in [3.8, 4) is 0 Å². The Hall–Kier alpha value is -1.14. The fraction of sp³-hybridized carbons (Fsp3) is 0.750. The van der Waals surface area contributed by atoms with Crippen LogP contribution in [0.25, 0.3) is 0 Å². The molecule has 0 fully saturated rings. The fourth-order valence-electron chi connectivity index (χ4n) is 1.29. The first-order chi connectivity index (χ1) is 10.8. The van der Waals surface area contributed by atoms with Crippen LogP contribution in [0.15, 0.2) is 11.3 Å². The van der Waals surface area contributed by atoms with Crippen molar-refractivity contribution in [1.82, 2.24) is 0 Å². The largest absolute Gasteiger partial charge is 0.495 e. The van der Waals surface area contributed by atoms with E-state index in [9.17, 15) is 43.2 Å². The quantitative estimate of drug-likeness (QED) is 0.334. The van der Waals surface area contributed by atoms with Crippen molar-refractivity contribution in [3.63, 3.8) is 0 Å². The Morgan fingerprint density at radius 2 is 1.36 bits per heavy atom. The van der Waals surface area contributed by atoms with Crippen molar-refractivity contribution in [2.24, 2.45) is 0 Å². The zero-order chi connectivity index (χ0) is 20.3. The van der Waals surface area contributed by atoms with Gasteiger partial charge in [0.2, 0.25) is 0 Å². The Bertz CT molecular complexity index is 675. The Balaban J connectivity index is 5.39. The lowest BCUT2D eigenvalue weighted by Crippen LogP contribution is -2.31. The van der Waals surface area contributed by atoms with E-state index in [1.54, 1.807) is 0 Å². The fourth-order valence-corrected chi connectivity index (χ4v) is 2.07.